The molecule has 3 atom stereocenters. The number of hydrogen-bond donors (Lipinski definition) is 3. The second-order valence-electron chi connectivity index (χ2n) is 6.23. The van der Waals surface area contributed by atoms with Crippen LogP contribution in [0.25, 0.3) is 0 Å². The normalized spacial score (nSPS) is 24.5. The van der Waals surface area contributed by atoms with Gasteiger partial charge in [0.1, 0.15) is 11.9 Å². The van der Waals surface area contributed by atoms with Crippen LogP contribution in [-0.2, 0) is 11.2 Å². The fraction of sp³-hybridized carbons (Fsp3) is 0.316. The van der Waals surface area contributed by atoms with Crippen molar-refractivity contribution >= 4 is 5.91 Å². The van der Waals surface area contributed by atoms with Gasteiger partial charge >= 0.3 is 0 Å². The highest BCUT2D eigenvalue weighted by Gasteiger charge is 2.42. The van der Waals surface area contributed by atoms with Gasteiger partial charge in [0.05, 0.1) is 12.5 Å². The van der Waals surface area contributed by atoms with Crippen molar-refractivity contribution in [2.24, 2.45) is 5.92 Å². The minimum Gasteiger partial charge on any atom is -0.508 e. The number of phenolic OH excluding ortho intramolecular Hbond substituents is 1. The SMILES string of the molecule is CCOc1cccc2c1OC1NC(c3cccc(O)c3)NC(=O)C1C2. The number of nitrogens with one attached hydrogen (secondary N) is 2. The molecule has 1 saturated heterocycles. The van der Waals surface area contributed by atoms with Crippen LogP contribution in [0.3, 0.4) is 0 Å². The zero-order valence-corrected chi connectivity index (χ0v) is 13.9. The van der Waals surface area contributed by atoms with Crippen LogP contribution in [0.15, 0.2) is 42.5 Å². The molecule has 2 aliphatic rings. The molecule has 1 fully saturated rings. The molecular weight excluding hydrogens is 320 g/mol. The van der Waals surface area contributed by atoms with E-state index >= 15 is 0 Å². The molecule has 0 aromatic heterocycles. The van der Waals surface area contributed by atoms with E-state index in [1.54, 1.807) is 18.2 Å². The van der Waals surface area contributed by atoms with Crippen LogP contribution in [0.4, 0.5) is 0 Å². The minimum atomic E-state index is -0.449. The number of hydrogen-bond acceptors (Lipinski definition) is 5. The predicted octanol–water partition coefficient (Wildman–Crippen LogP) is 2.09. The average Bonchev–Trinajstić information content (AvgIpc) is 2.61. The summed E-state index contributed by atoms with van der Waals surface area (Å²) < 4.78 is 11.8. The lowest BCUT2D eigenvalue weighted by Gasteiger charge is -2.41. The summed E-state index contributed by atoms with van der Waals surface area (Å²) in [5.41, 5.74) is 1.75. The van der Waals surface area contributed by atoms with Crippen molar-refractivity contribution in [2.45, 2.75) is 25.7 Å². The van der Waals surface area contributed by atoms with Gasteiger partial charge in [0, 0.05) is 0 Å². The van der Waals surface area contributed by atoms with Gasteiger partial charge in [-0.3, -0.25) is 10.1 Å². The molecule has 4 rings (SSSR count). The van der Waals surface area contributed by atoms with Crippen LogP contribution in [0.5, 0.6) is 17.2 Å². The number of ether oxygens (including phenoxy) is 2. The third kappa shape index (κ3) is 2.89. The summed E-state index contributed by atoms with van der Waals surface area (Å²) in [5, 5.41) is 16.0. The molecule has 0 radical (unpaired) electrons. The average molecular weight is 340 g/mol. The molecule has 2 aliphatic heterocycles. The quantitative estimate of drug-likeness (QED) is 0.797. The zero-order chi connectivity index (χ0) is 17.4. The maximum atomic E-state index is 12.6. The van der Waals surface area contributed by atoms with Gasteiger partial charge in [-0.15, -0.1) is 0 Å². The van der Waals surface area contributed by atoms with Gasteiger partial charge in [-0.05, 0) is 42.7 Å². The number of carbonyl (C=O) groups excluding carboxylic acids is 1. The molecular formula is C19H20N2O4. The maximum absolute atomic E-state index is 12.6. The zero-order valence-electron chi connectivity index (χ0n) is 13.9. The highest BCUT2D eigenvalue weighted by atomic mass is 16.5. The van der Waals surface area contributed by atoms with Crippen molar-refractivity contribution in [1.82, 2.24) is 10.6 Å². The smallest absolute Gasteiger partial charge is 0.230 e. The first kappa shape index (κ1) is 15.8. The Balaban J connectivity index is 1.62. The fourth-order valence-corrected chi connectivity index (χ4v) is 3.40. The van der Waals surface area contributed by atoms with E-state index in [0.29, 0.717) is 24.5 Å². The maximum Gasteiger partial charge on any atom is 0.230 e. The first-order valence-electron chi connectivity index (χ1n) is 8.42. The predicted molar refractivity (Wildman–Crippen MR) is 91.3 cm³/mol. The number of carbonyl (C=O) groups is 1. The number of rotatable bonds is 3. The van der Waals surface area contributed by atoms with Crippen molar-refractivity contribution in [1.29, 1.82) is 0 Å². The van der Waals surface area contributed by atoms with Crippen molar-refractivity contribution in [3.05, 3.63) is 53.6 Å². The van der Waals surface area contributed by atoms with Crippen LogP contribution in [0.2, 0.25) is 0 Å². The fourth-order valence-electron chi connectivity index (χ4n) is 3.40. The van der Waals surface area contributed by atoms with Crippen molar-refractivity contribution in [3.8, 4) is 17.2 Å². The summed E-state index contributed by atoms with van der Waals surface area (Å²) in [7, 11) is 0. The summed E-state index contributed by atoms with van der Waals surface area (Å²) in [6, 6.07) is 12.6. The highest BCUT2D eigenvalue weighted by molar-refractivity contribution is 5.81. The van der Waals surface area contributed by atoms with E-state index in [-0.39, 0.29) is 17.6 Å². The Morgan fingerprint density at radius 2 is 2.12 bits per heavy atom. The lowest BCUT2D eigenvalue weighted by atomic mass is 9.90. The van der Waals surface area contributed by atoms with Crippen LogP contribution in [-0.4, -0.2) is 23.8 Å². The Kier molecular flexibility index (Phi) is 3.97. The molecule has 0 bridgehead atoms. The van der Waals surface area contributed by atoms with Crippen molar-refractivity contribution in [3.63, 3.8) is 0 Å². The van der Waals surface area contributed by atoms with Gasteiger partial charge in [0.25, 0.3) is 0 Å². The van der Waals surface area contributed by atoms with Gasteiger partial charge in [0.15, 0.2) is 17.7 Å². The molecule has 2 aromatic rings. The lowest BCUT2D eigenvalue weighted by molar-refractivity contribution is -0.135. The van der Waals surface area contributed by atoms with Gasteiger partial charge in [-0.25, -0.2) is 0 Å². The van der Waals surface area contributed by atoms with Crippen LogP contribution in [0, 0.1) is 5.92 Å². The second-order valence-corrected chi connectivity index (χ2v) is 6.23. The Labute approximate surface area is 145 Å². The standard InChI is InChI=1S/C19H20N2O4/c1-2-24-15-8-4-5-11-10-14-18(23)20-17(21-19(14)25-16(11)15)12-6-3-7-13(22)9-12/h3-9,14,17,19,21-22H,2,10H2,1H3,(H,20,23). The summed E-state index contributed by atoms with van der Waals surface area (Å²) in [5.74, 6) is 1.18. The molecule has 130 valence electrons. The third-order valence-electron chi connectivity index (χ3n) is 4.57. The van der Waals surface area contributed by atoms with E-state index in [1.165, 1.54) is 0 Å². The molecule has 3 unspecified atom stereocenters. The Morgan fingerprint density at radius 1 is 1.28 bits per heavy atom. The molecule has 0 saturated carbocycles. The van der Waals surface area contributed by atoms with E-state index < -0.39 is 12.4 Å². The van der Waals surface area contributed by atoms with Gasteiger partial charge in [0.2, 0.25) is 5.91 Å². The summed E-state index contributed by atoms with van der Waals surface area (Å²) >= 11 is 0. The molecule has 3 N–H and O–H groups in total. The summed E-state index contributed by atoms with van der Waals surface area (Å²) in [6.07, 6.45) is -0.274. The van der Waals surface area contributed by atoms with Gasteiger partial charge in [-0.1, -0.05) is 24.3 Å². The first-order valence-corrected chi connectivity index (χ1v) is 8.42. The molecule has 0 aliphatic carbocycles. The lowest BCUT2D eigenvalue weighted by Crippen LogP contribution is -2.60. The largest absolute Gasteiger partial charge is 0.508 e. The number of benzene rings is 2. The Morgan fingerprint density at radius 3 is 2.92 bits per heavy atom. The topological polar surface area (TPSA) is 79.8 Å². The Hall–Kier alpha value is -2.73. The van der Waals surface area contributed by atoms with Crippen LogP contribution in [0.1, 0.15) is 24.2 Å². The van der Waals surface area contributed by atoms with Gasteiger partial charge in [-0.2, -0.15) is 0 Å². The van der Waals surface area contributed by atoms with E-state index in [4.69, 9.17) is 9.47 Å². The summed E-state index contributed by atoms with van der Waals surface area (Å²) in [4.78, 5) is 12.6. The van der Waals surface area contributed by atoms with Crippen molar-refractivity contribution < 1.29 is 19.4 Å². The number of aromatic hydroxyl groups is 1. The molecule has 6 nitrogen and oxygen atoms in total. The number of phenols is 1. The molecule has 25 heavy (non-hydrogen) atoms. The van der Waals surface area contributed by atoms with E-state index in [9.17, 15) is 9.90 Å². The first-order chi connectivity index (χ1) is 12.2. The molecule has 0 spiro atoms. The monoisotopic (exact) mass is 340 g/mol. The number of amides is 1. The second kappa shape index (κ2) is 6.29. The number of fused-ring (bicyclic) bond motifs is 2. The van der Waals surface area contributed by atoms with Gasteiger partial charge < -0.3 is 19.9 Å². The van der Waals surface area contributed by atoms with Crippen molar-refractivity contribution in [2.75, 3.05) is 6.61 Å². The molecule has 2 heterocycles. The highest BCUT2D eigenvalue weighted by Crippen LogP contribution is 2.39. The van der Waals surface area contributed by atoms with E-state index in [0.717, 1.165) is 11.1 Å². The number of para-hydroxylation sites is 1. The minimum absolute atomic E-state index is 0.0652. The van der Waals surface area contributed by atoms with Crippen LogP contribution >= 0.6 is 0 Å². The summed E-state index contributed by atoms with van der Waals surface area (Å²) in [6.45, 7) is 2.48. The van der Waals surface area contributed by atoms with Crippen LogP contribution < -0.4 is 20.1 Å². The molecule has 1 amide bonds. The molecule has 2 aromatic carbocycles. The Bertz CT molecular complexity index is 808. The molecule has 6 heteroatoms. The van der Waals surface area contributed by atoms with E-state index in [2.05, 4.69) is 10.6 Å². The third-order valence-corrected chi connectivity index (χ3v) is 4.57. The van der Waals surface area contributed by atoms with E-state index in [1.807, 2.05) is 31.2 Å².